The maximum absolute atomic E-state index is 12.3. The zero-order chi connectivity index (χ0) is 17.9. The molecule has 0 aromatic heterocycles. The Labute approximate surface area is 145 Å². The lowest BCUT2D eigenvalue weighted by Crippen LogP contribution is -2.23. The van der Waals surface area contributed by atoms with Crippen LogP contribution in [0.1, 0.15) is 12.0 Å². The molecular formula is C19H19F2NO3. The van der Waals surface area contributed by atoms with Crippen molar-refractivity contribution in [1.29, 1.82) is 0 Å². The first-order chi connectivity index (χ1) is 12.1. The molecule has 25 heavy (non-hydrogen) atoms. The molecule has 0 fully saturated rings. The monoisotopic (exact) mass is 347 g/mol. The highest BCUT2D eigenvalue weighted by Gasteiger charge is 2.07. The summed E-state index contributed by atoms with van der Waals surface area (Å²) >= 11 is 0. The fourth-order valence-corrected chi connectivity index (χ4v) is 2.04. The molecule has 0 radical (unpaired) electrons. The van der Waals surface area contributed by atoms with Crippen molar-refractivity contribution in [3.05, 3.63) is 66.2 Å². The van der Waals surface area contributed by atoms with E-state index in [2.05, 4.69) is 10.1 Å². The lowest BCUT2D eigenvalue weighted by molar-refractivity contribution is -0.116. The van der Waals surface area contributed by atoms with E-state index in [9.17, 15) is 13.6 Å². The topological polar surface area (TPSA) is 47.6 Å². The van der Waals surface area contributed by atoms with Crippen LogP contribution in [0.15, 0.2) is 60.7 Å². The number of rotatable bonds is 9. The summed E-state index contributed by atoms with van der Waals surface area (Å²) in [6.45, 7) is -1.97. The quantitative estimate of drug-likeness (QED) is 0.553. The lowest BCUT2D eigenvalue weighted by Gasteiger charge is -2.07. The van der Waals surface area contributed by atoms with Gasteiger partial charge in [-0.25, -0.2) is 0 Å². The van der Waals surface area contributed by atoms with Gasteiger partial charge in [-0.2, -0.15) is 8.78 Å². The van der Waals surface area contributed by atoms with E-state index in [-0.39, 0.29) is 11.7 Å². The van der Waals surface area contributed by atoms with E-state index in [0.717, 1.165) is 5.75 Å². The molecule has 0 saturated heterocycles. The Morgan fingerprint density at radius 1 is 1.08 bits per heavy atom. The molecule has 2 aromatic carbocycles. The molecule has 0 atom stereocenters. The number of hydrogen-bond acceptors (Lipinski definition) is 3. The molecule has 0 saturated carbocycles. The average molecular weight is 347 g/mol. The van der Waals surface area contributed by atoms with Gasteiger partial charge in [0.2, 0.25) is 5.91 Å². The van der Waals surface area contributed by atoms with Crippen LogP contribution in [0.25, 0.3) is 6.08 Å². The van der Waals surface area contributed by atoms with Crippen LogP contribution in [0.2, 0.25) is 0 Å². The molecule has 1 N–H and O–H groups in total. The summed E-state index contributed by atoms with van der Waals surface area (Å²) in [5, 5.41) is 2.70. The van der Waals surface area contributed by atoms with E-state index in [4.69, 9.17) is 4.74 Å². The SMILES string of the molecule is O=C(/C=C/c1ccccc1OC(F)F)NCCCOc1ccccc1. The van der Waals surface area contributed by atoms with Crippen LogP contribution in [0, 0.1) is 0 Å². The lowest BCUT2D eigenvalue weighted by atomic mass is 10.2. The predicted octanol–water partition coefficient (Wildman–Crippen LogP) is 3.89. The van der Waals surface area contributed by atoms with Crippen molar-refractivity contribution in [3.8, 4) is 11.5 Å². The Hall–Kier alpha value is -2.89. The highest BCUT2D eigenvalue weighted by Crippen LogP contribution is 2.21. The minimum atomic E-state index is -2.91. The van der Waals surface area contributed by atoms with Gasteiger partial charge in [0, 0.05) is 18.2 Å². The largest absolute Gasteiger partial charge is 0.494 e. The van der Waals surface area contributed by atoms with E-state index < -0.39 is 6.61 Å². The first-order valence-electron chi connectivity index (χ1n) is 7.83. The van der Waals surface area contributed by atoms with E-state index in [1.165, 1.54) is 18.2 Å². The number of alkyl halides is 2. The van der Waals surface area contributed by atoms with Gasteiger partial charge in [-0.3, -0.25) is 4.79 Å². The molecule has 4 nitrogen and oxygen atoms in total. The van der Waals surface area contributed by atoms with Crippen LogP contribution >= 0.6 is 0 Å². The highest BCUT2D eigenvalue weighted by atomic mass is 19.3. The van der Waals surface area contributed by atoms with Crippen molar-refractivity contribution >= 4 is 12.0 Å². The zero-order valence-electron chi connectivity index (χ0n) is 13.5. The van der Waals surface area contributed by atoms with Gasteiger partial charge in [0.25, 0.3) is 0 Å². The van der Waals surface area contributed by atoms with Gasteiger partial charge in [-0.15, -0.1) is 0 Å². The minimum absolute atomic E-state index is 0.0258. The molecular weight excluding hydrogens is 328 g/mol. The van der Waals surface area contributed by atoms with E-state index in [0.29, 0.717) is 25.1 Å². The zero-order valence-corrected chi connectivity index (χ0v) is 13.5. The van der Waals surface area contributed by atoms with Crippen molar-refractivity contribution in [1.82, 2.24) is 5.32 Å². The third kappa shape index (κ3) is 7.03. The number of ether oxygens (including phenoxy) is 2. The second-order valence-corrected chi connectivity index (χ2v) is 5.06. The Kier molecular flexibility index (Phi) is 7.43. The molecule has 0 aliphatic heterocycles. The predicted molar refractivity (Wildman–Crippen MR) is 91.7 cm³/mol. The van der Waals surface area contributed by atoms with E-state index in [1.807, 2.05) is 30.3 Å². The van der Waals surface area contributed by atoms with Crippen LogP contribution in [0.3, 0.4) is 0 Å². The Balaban J connectivity index is 1.72. The van der Waals surface area contributed by atoms with Crippen LogP contribution < -0.4 is 14.8 Å². The van der Waals surface area contributed by atoms with Crippen molar-refractivity contribution in [2.75, 3.05) is 13.2 Å². The van der Waals surface area contributed by atoms with Gasteiger partial charge in [0.15, 0.2) is 0 Å². The third-order valence-corrected chi connectivity index (χ3v) is 3.18. The summed E-state index contributed by atoms with van der Waals surface area (Å²) in [4.78, 5) is 11.8. The van der Waals surface area contributed by atoms with E-state index >= 15 is 0 Å². The standard InChI is InChI=1S/C19H19F2NO3/c20-19(21)25-17-10-5-4-7-15(17)11-12-18(23)22-13-6-14-24-16-8-2-1-3-9-16/h1-5,7-12,19H,6,13-14H2,(H,22,23)/b12-11+. The normalized spacial score (nSPS) is 10.8. The molecule has 0 heterocycles. The second kappa shape index (κ2) is 10.1. The van der Waals surface area contributed by atoms with Gasteiger partial charge in [-0.05, 0) is 30.7 Å². The number of amides is 1. The van der Waals surface area contributed by atoms with Crippen molar-refractivity contribution in [2.45, 2.75) is 13.0 Å². The number of benzene rings is 2. The molecule has 0 aliphatic rings. The van der Waals surface area contributed by atoms with Crippen molar-refractivity contribution in [2.24, 2.45) is 0 Å². The van der Waals surface area contributed by atoms with Crippen LogP contribution in [0.4, 0.5) is 8.78 Å². The van der Waals surface area contributed by atoms with Gasteiger partial charge >= 0.3 is 6.61 Å². The van der Waals surface area contributed by atoms with Crippen molar-refractivity contribution < 1.29 is 23.0 Å². The maximum atomic E-state index is 12.3. The smallest absolute Gasteiger partial charge is 0.387 e. The van der Waals surface area contributed by atoms with Gasteiger partial charge in [-0.1, -0.05) is 36.4 Å². The van der Waals surface area contributed by atoms with Crippen LogP contribution in [-0.4, -0.2) is 25.7 Å². The summed E-state index contributed by atoms with van der Waals surface area (Å²) in [6, 6.07) is 15.7. The van der Waals surface area contributed by atoms with Crippen LogP contribution in [-0.2, 0) is 4.79 Å². The molecule has 2 aromatic rings. The van der Waals surface area contributed by atoms with Gasteiger partial charge < -0.3 is 14.8 Å². The number of hydrogen-bond donors (Lipinski definition) is 1. The van der Waals surface area contributed by atoms with Crippen LogP contribution in [0.5, 0.6) is 11.5 Å². The molecule has 132 valence electrons. The second-order valence-electron chi connectivity index (χ2n) is 5.06. The molecule has 2 rings (SSSR count). The Morgan fingerprint density at radius 2 is 1.80 bits per heavy atom. The first-order valence-corrected chi connectivity index (χ1v) is 7.83. The van der Waals surface area contributed by atoms with Crippen molar-refractivity contribution in [3.63, 3.8) is 0 Å². The number of para-hydroxylation sites is 2. The molecule has 1 amide bonds. The number of halogens is 2. The molecule has 6 heteroatoms. The van der Waals surface area contributed by atoms with Gasteiger partial charge in [0.05, 0.1) is 6.61 Å². The summed E-state index contributed by atoms with van der Waals surface area (Å²) in [6.07, 6.45) is 3.37. The highest BCUT2D eigenvalue weighted by molar-refractivity contribution is 5.92. The fourth-order valence-electron chi connectivity index (χ4n) is 2.04. The minimum Gasteiger partial charge on any atom is -0.494 e. The molecule has 0 spiro atoms. The number of carbonyl (C=O) groups is 1. The molecule has 0 aliphatic carbocycles. The maximum Gasteiger partial charge on any atom is 0.387 e. The summed E-state index contributed by atoms with van der Waals surface area (Å²) in [5.74, 6) is 0.494. The summed E-state index contributed by atoms with van der Waals surface area (Å²) < 4.78 is 34.6. The summed E-state index contributed by atoms with van der Waals surface area (Å²) in [5.41, 5.74) is 0.408. The van der Waals surface area contributed by atoms with E-state index in [1.54, 1.807) is 18.2 Å². The Bertz CT molecular complexity index is 690. The van der Waals surface area contributed by atoms with Gasteiger partial charge in [0.1, 0.15) is 11.5 Å². The average Bonchev–Trinajstić information content (AvgIpc) is 2.61. The third-order valence-electron chi connectivity index (χ3n) is 3.18. The first kappa shape index (κ1) is 18.4. The number of carbonyl (C=O) groups excluding carboxylic acids is 1. The Morgan fingerprint density at radius 3 is 2.56 bits per heavy atom. The molecule has 0 unspecified atom stereocenters. The number of nitrogens with one attached hydrogen (secondary N) is 1. The summed E-state index contributed by atoms with van der Waals surface area (Å²) in [7, 11) is 0. The fraction of sp³-hybridized carbons (Fsp3) is 0.211. The molecule has 0 bridgehead atoms.